The van der Waals surface area contributed by atoms with E-state index in [1.807, 2.05) is 18.2 Å². The fraction of sp³-hybridized carbons (Fsp3) is 0.333. The number of methoxy groups -OCH3 is 1. The highest BCUT2D eigenvalue weighted by Crippen LogP contribution is 2.35. The third-order valence-corrected chi connectivity index (χ3v) is 4.26. The molecule has 21 heavy (non-hydrogen) atoms. The van der Waals surface area contributed by atoms with Gasteiger partial charge in [-0.2, -0.15) is 0 Å². The Labute approximate surface area is 125 Å². The Balaban J connectivity index is 2.06. The predicted octanol–water partition coefficient (Wildman–Crippen LogP) is 3.72. The average Bonchev–Trinajstić information content (AvgIpc) is 2.48. The Morgan fingerprint density at radius 3 is 2.71 bits per heavy atom. The Morgan fingerprint density at radius 2 is 2.00 bits per heavy atom. The highest BCUT2D eigenvalue weighted by Gasteiger charge is 2.25. The molecule has 110 valence electrons. The summed E-state index contributed by atoms with van der Waals surface area (Å²) in [4.78, 5) is 2.27. The summed E-state index contributed by atoms with van der Waals surface area (Å²) in [6.45, 7) is 3.60. The first-order valence-electron chi connectivity index (χ1n) is 7.20. The first-order valence-corrected chi connectivity index (χ1v) is 7.20. The molecule has 0 N–H and O–H groups in total. The second-order valence-electron chi connectivity index (χ2n) is 5.82. The van der Waals surface area contributed by atoms with E-state index in [-0.39, 0.29) is 11.7 Å². The number of ether oxygens (including phenoxy) is 1. The second kappa shape index (κ2) is 5.49. The molecule has 2 nitrogen and oxygen atoms in total. The highest BCUT2D eigenvalue weighted by molar-refractivity contribution is 5.44. The van der Waals surface area contributed by atoms with Crippen molar-refractivity contribution in [1.29, 1.82) is 0 Å². The van der Waals surface area contributed by atoms with Crippen LogP contribution in [0.3, 0.4) is 0 Å². The van der Waals surface area contributed by atoms with E-state index in [9.17, 15) is 4.39 Å². The summed E-state index contributed by atoms with van der Waals surface area (Å²) >= 11 is 0. The molecule has 2 aromatic rings. The monoisotopic (exact) mass is 285 g/mol. The Hall–Kier alpha value is -1.87. The fourth-order valence-electron chi connectivity index (χ4n) is 3.06. The van der Waals surface area contributed by atoms with E-state index >= 15 is 0 Å². The molecule has 0 saturated heterocycles. The number of rotatable bonds is 2. The summed E-state index contributed by atoms with van der Waals surface area (Å²) in [5.41, 5.74) is 4.26. The van der Waals surface area contributed by atoms with Gasteiger partial charge in [-0.15, -0.1) is 0 Å². The molecule has 0 unspecified atom stereocenters. The number of fused-ring (bicyclic) bond motifs is 1. The van der Waals surface area contributed by atoms with Crippen molar-refractivity contribution in [2.45, 2.75) is 19.4 Å². The number of hydrogen-bond donors (Lipinski definition) is 0. The molecule has 1 heterocycles. The van der Waals surface area contributed by atoms with Crippen molar-refractivity contribution >= 4 is 0 Å². The Morgan fingerprint density at radius 1 is 1.19 bits per heavy atom. The van der Waals surface area contributed by atoms with Crippen molar-refractivity contribution in [3.05, 3.63) is 64.5 Å². The normalized spacial score (nSPS) is 18.4. The van der Waals surface area contributed by atoms with Crippen LogP contribution in [0.4, 0.5) is 4.39 Å². The molecule has 3 rings (SSSR count). The van der Waals surface area contributed by atoms with Gasteiger partial charge in [0.1, 0.15) is 11.6 Å². The van der Waals surface area contributed by atoms with Crippen LogP contribution in [0, 0.1) is 12.7 Å². The summed E-state index contributed by atoms with van der Waals surface area (Å²) in [5, 5.41) is 0. The number of aryl methyl sites for hydroxylation is 1. The summed E-state index contributed by atoms with van der Waals surface area (Å²) in [6.07, 6.45) is 0. The maximum Gasteiger partial charge on any atom is 0.126 e. The van der Waals surface area contributed by atoms with Gasteiger partial charge >= 0.3 is 0 Å². The molecule has 0 radical (unpaired) electrons. The molecular weight excluding hydrogens is 265 g/mol. The zero-order valence-corrected chi connectivity index (χ0v) is 12.7. The van der Waals surface area contributed by atoms with E-state index in [4.69, 9.17) is 4.74 Å². The molecule has 0 spiro atoms. The van der Waals surface area contributed by atoms with Gasteiger partial charge in [0.05, 0.1) is 7.11 Å². The quantitative estimate of drug-likeness (QED) is 0.834. The van der Waals surface area contributed by atoms with Gasteiger partial charge in [-0.1, -0.05) is 18.2 Å². The minimum Gasteiger partial charge on any atom is -0.497 e. The number of likely N-dealkylation sites (N-methyl/N-ethyl adjacent to an activating group) is 1. The molecule has 3 heteroatoms. The SMILES string of the molecule is COc1ccc2c(c1)CN(C)C[C@H]2c1ccc(C)c(F)c1. The van der Waals surface area contributed by atoms with Crippen molar-refractivity contribution in [3.63, 3.8) is 0 Å². The highest BCUT2D eigenvalue weighted by atomic mass is 19.1. The molecule has 0 aromatic heterocycles. The van der Waals surface area contributed by atoms with Crippen LogP contribution in [-0.4, -0.2) is 25.6 Å². The van der Waals surface area contributed by atoms with Crippen molar-refractivity contribution in [2.24, 2.45) is 0 Å². The number of nitrogens with zero attached hydrogens (tertiary/aromatic N) is 1. The minimum atomic E-state index is -0.129. The van der Waals surface area contributed by atoms with Crippen molar-refractivity contribution < 1.29 is 9.13 Å². The lowest BCUT2D eigenvalue weighted by Crippen LogP contribution is -2.31. The van der Waals surface area contributed by atoms with Gasteiger partial charge in [-0.3, -0.25) is 0 Å². The van der Waals surface area contributed by atoms with Crippen LogP contribution in [-0.2, 0) is 6.54 Å². The van der Waals surface area contributed by atoms with E-state index in [0.717, 1.165) is 24.4 Å². The molecule has 0 fully saturated rings. The van der Waals surface area contributed by atoms with E-state index < -0.39 is 0 Å². The summed E-state index contributed by atoms with van der Waals surface area (Å²) in [7, 11) is 3.78. The molecule has 0 bridgehead atoms. The van der Waals surface area contributed by atoms with E-state index in [0.29, 0.717) is 5.56 Å². The van der Waals surface area contributed by atoms with Crippen LogP contribution in [0.5, 0.6) is 5.75 Å². The van der Waals surface area contributed by atoms with Gasteiger partial charge in [0.25, 0.3) is 0 Å². The summed E-state index contributed by atoms with van der Waals surface area (Å²) in [6, 6.07) is 11.8. The van der Waals surface area contributed by atoms with Gasteiger partial charge in [0.15, 0.2) is 0 Å². The maximum atomic E-state index is 13.9. The summed E-state index contributed by atoms with van der Waals surface area (Å²) in [5.74, 6) is 0.952. The molecule has 0 saturated carbocycles. The van der Waals surface area contributed by atoms with E-state index in [1.165, 1.54) is 11.1 Å². The molecule has 0 aliphatic carbocycles. The zero-order chi connectivity index (χ0) is 15.0. The van der Waals surface area contributed by atoms with Crippen molar-refractivity contribution in [2.75, 3.05) is 20.7 Å². The minimum absolute atomic E-state index is 0.129. The van der Waals surface area contributed by atoms with Gasteiger partial charge in [0.2, 0.25) is 0 Å². The predicted molar refractivity (Wildman–Crippen MR) is 82.3 cm³/mol. The summed E-state index contributed by atoms with van der Waals surface area (Å²) < 4.78 is 19.2. The van der Waals surface area contributed by atoms with Crippen LogP contribution in [0.2, 0.25) is 0 Å². The lowest BCUT2D eigenvalue weighted by molar-refractivity contribution is 0.293. The third kappa shape index (κ3) is 2.66. The smallest absolute Gasteiger partial charge is 0.126 e. The van der Waals surface area contributed by atoms with Gasteiger partial charge in [-0.05, 0) is 54.4 Å². The average molecular weight is 285 g/mol. The van der Waals surface area contributed by atoms with Crippen LogP contribution < -0.4 is 4.74 Å². The largest absolute Gasteiger partial charge is 0.497 e. The van der Waals surface area contributed by atoms with Gasteiger partial charge < -0.3 is 9.64 Å². The van der Waals surface area contributed by atoms with Crippen LogP contribution in [0.1, 0.15) is 28.2 Å². The van der Waals surface area contributed by atoms with Crippen LogP contribution in [0.25, 0.3) is 0 Å². The van der Waals surface area contributed by atoms with Gasteiger partial charge in [0, 0.05) is 19.0 Å². The lowest BCUT2D eigenvalue weighted by Gasteiger charge is -2.33. The van der Waals surface area contributed by atoms with Gasteiger partial charge in [-0.25, -0.2) is 4.39 Å². The number of hydrogen-bond acceptors (Lipinski definition) is 2. The van der Waals surface area contributed by atoms with E-state index in [1.54, 1.807) is 20.1 Å². The molecule has 2 aromatic carbocycles. The van der Waals surface area contributed by atoms with Crippen molar-refractivity contribution in [3.8, 4) is 5.75 Å². The number of benzene rings is 2. The molecule has 1 atom stereocenters. The van der Waals surface area contributed by atoms with Crippen LogP contribution >= 0.6 is 0 Å². The second-order valence-corrected chi connectivity index (χ2v) is 5.82. The molecular formula is C18H20FNO. The van der Waals surface area contributed by atoms with E-state index in [2.05, 4.69) is 24.1 Å². The standard InChI is InChI=1S/C18H20FNO/c1-12-4-5-13(9-18(12)19)17-11-20(2)10-14-8-15(21-3)6-7-16(14)17/h4-9,17H,10-11H2,1-3H3/t17-/m0/s1. The Kier molecular flexibility index (Phi) is 3.68. The first kappa shape index (κ1) is 14.1. The molecule has 1 aliphatic heterocycles. The lowest BCUT2D eigenvalue weighted by atomic mass is 9.84. The Bertz CT molecular complexity index is 668. The number of halogens is 1. The fourth-order valence-corrected chi connectivity index (χ4v) is 3.06. The van der Waals surface area contributed by atoms with Crippen molar-refractivity contribution in [1.82, 2.24) is 4.90 Å². The maximum absolute atomic E-state index is 13.9. The zero-order valence-electron chi connectivity index (χ0n) is 12.7. The first-order chi connectivity index (χ1) is 10.1. The van der Waals surface area contributed by atoms with Crippen LogP contribution in [0.15, 0.2) is 36.4 Å². The molecule has 0 amide bonds. The molecule has 1 aliphatic rings. The topological polar surface area (TPSA) is 12.5 Å². The third-order valence-electron chi connectivity index (χ3n) is 4.26.